The highest BCUT2D eigenvalue weighted by Crippen LogP contribution is 2.25. The summed E-state index contributed by atoms with van der Waals surface area (Å²) in [6.07, 6.45) is 0. The average Bonchev–Trinajstić information content (AvgIpc) is 2.99. The molecule has 0 aliphatic rings. The van der Waals surface area contributed by atoms with Crippen LogP contribution in [0.4, 0.5) is 0 Å². The summed E-state index contributed by atoms with van der Waals surface area (Å²) in [5.74, 6) is -0.00557. The summed E-state index contributed by atoms with van der Waals surface area (Å²) in [6.45, 7) is 0.587. The Kier molecular flexibility index (Phi) is 4.74. The van der Waals surface area contributed by atoms with Crippen molar-refractivity contribution in [2.24, 2.45) is 0 Å². The molecule has 0 bridgehead atoms. The summed E-state index contributed by atoms with van der Waals surface area (Å²) in [7, 11) is 4.06. The van der Waals surface area contributed by atoms with Crippen LogP contribution >= 0.6 is 11.3 Å². The van der Waals surface area contributed by atoms with Gasteiger partial charge < -0.3 is 10.2 Å². The Bertz CT molecular complexity index is 762. The lowest BCUT2D eigenvalue weighted by Crippen LogP contribution is -2.34. The molecule has 1 atom stereocenters. The van der Waals surface area contributed by atoms with Crippen molar-refractivity contribution in [2.45, 2.75) is 6.04 Å². The molecule has 3 nitrogen and oxygen atoms in total. The fourth-order valence-electron chi connectivity index (χ4n) is 2.64. The SMILES string of the molecule is CN(C)C(CNC(=O)c1cc2ccccc2s1)c1ccccc1. The lowest BCUT2D eigenvalue weighted by Gasteiger charge is -2.25. The molecule has 1 amide bonds. The van der Waals surface area contributed by atoms with Crippen LogP contribution in [0.5, 0.6) is 0 Å². The third-order valence-corrected chi connectivity index (χ3v) is 5.03. The van der Waals surface area contributed by atoms with Gasteiger partial charge in [-0.3, -0.25) is 4.79 Å². The van der Waals surface area contributed by atoms with Crippen molar-refractivity contribution in [1.29, 1.82) is 0 Å². The lowest BCUT2D eigenvalue weighted by atomic mass is 10.1. The van der Waals surface area contributed by atoms with Gasteiger partial charge in [0.2, 0.25) is 0 Å². The summed E-state index contributed by atoms with van der Waals surface area (Å²) in [5.41, 5.74) is 1.20. The second-order valence-corrected chi connectivity index (χ2v) is 6.83. The fourth-order valence-corrected chi connectivity index (χ4v) is 3.62. The second-order valence-electron chi connectivity index (χ2n) is 5.75. The molecule has 0 fully saturated rings. The van der Waals surface area contributed by atoms with Crippen LogP contribution in [0.15, 0.2) is 60.7 Å². The maximum atomic E-state index is 12.5. The van der Waals surface area contributed by atoms with Gasteiger partial charge in [0.05, 0.1) is 10.9 Å². The quantitative estimate of drug-likeness (QED) is 0.771. The number of hydrogen-bond donors (Lipinski definition) is 1. The van der Waals surface area contributed by atoms with Crippen LogP contribution in [-0.4, -0.2) is 31.4 Å². The molecule has 0 saturated carbocycles. The maximum Gasteiger partial charge on any atom is 0.261 e. The van der Waals surface area contributed by atoms with Crippen molar-refractivity contribution in [2.75, 3.05) is 20.6 Å². The van der Waals surface area contributed by atoms with Crippen molar-refractivity contribution in [1.82, 2.24) is 10.2 Å². The van der Waals surface area contributed by atoms with Crippen LogP contribution in [-0.2, 0) is 0 Å². The number of carbonyl (C=O) groups is 1. The van der Waals surface area contributed by atoms with Gasteiger partial charge in [-0.1, -0.05) is 48.5 Å². The van der Waals surface area contributed by atoms with Gasteiger partial charge in [0.25, 0.3) is 5.91 Å². The molecule has 0 saturated heterocycles. The van der Waals surface area contributed by atoms with E-state index in [-0.39, 0.29) is 11.9 Å². The zero-order valence-corrected chi connectivity index (χ0v) is 14.1. The average molecular weight is 324 g/mol. The number of nitrogens with zero attached hydrogens (tertiary/aromatic N) is 1. The number of amides is 1. The van der Waals surface area contributed by atoms with E-state index in [0.29, 0.717) is 6.54 Å². The minimum Gasteiger partial charge on any atom is -0.349 e. The summed E-state index contributed by atoms with van der Waals surface area (Å²) in [6, 6.07) is 20.4. The van der Waals surface area contributed by atoms with E-state index in [4.69, 9.17) is 0 Å². The molecule has 2 aromatic carbocycles. The van der Waals surface area contributed by atoms with Crippen LogP contribution in [0.25, 0.3) is 10.1 Å². The van der Waals surface area contributed by atoms with E-state index < -0.39 is 0 Å². The number of fused-ring (bicyclic) bond motifs is 1. The molecule has 4 heteroatoms. The molecule has 0 spiro atoms. The largest absolute Gasteiger partial charge is 0.349 e. The van der Waals surface area contributed by atoms with Gasteiger partial charge in [-0.25, -0.2) is 0 Å². The highest BCUT2D eigenvalue weighted by molar-refractivity contribution is 7.20. The molecule has 1 heterocycles. The Labute approximate surface area is 140 Å². The first-order chi connectivity index (χ1) is 11.1. The predicted octanol–water partition coefficient (Wildman–Crippen LogP) is 3.93. The molecule has 3 rings (SSSR count). The molecule has 0 aliphatic heterocycles. The van der Waals surface area contributed by atoms with Gasteiger partial charge in [-0.05, 0) is 37.2 Å². The molecule has 3 aromatic rings. The van der Waals surface area contributed by atoms with Crippen LogP contribution in [0.2, 0.25) is 0 Å². The topological polar surface area (TPSA) is 32.3 Å². The first-order valence-electron chi connectivity index (χ1n) is 7.63. The van der Waals surface area contributed by atoms with E-state index in [1.807, 2.05) is 62.6 Å². The van der Waals surface area contributed by atoms with Crippen molar-refractivity contribution in [3.8, 4) is 0 Å². The van der Waals surface area contributed by atoms with Gasteiger partial charge >= 0.3 is 0 Å². The Morgan fingerprint density at radius 2 is 1.78 bits per heavy atom. The summed E-state index contributed by atoms with van der Waals surface area (Å²) < 4.78 is 1.14. The number of hydrogen-bond acceptors (Lipinski definition) is 3. The minimum absolute atomic E-state index is 0.00557. The third kappa shape index (κ3) is 3.60. The number of rotatable bonds is 5. The second kappa shape index (κ2) is 6.94. The van der Waals surface area contributed by atoms with E-state index in [1.54, 1.807) is 0 Å². The number of nitrogens with one attached hydrogen (secondary N) is 1. The standard InChI is InChI=1S/C19H20N2OS/c1-21(2)16(14-8-4-3-5-9-14)13-20-19(22)18-12-15-10-6-7-11-17(15)23-18/h3-12,16H,13H2,1-2H3,(H,20,22). The summed E-state index contributed by atoms with van der Waals surface area (Å²) in [4.78, 5) is 15.3. The number of thiophene rings is 1. The predicted molar refractivity (Wildman–Crippen MR) is 97.0 cm³/mol. The van der Waals surface area contributed by atoms with Gasteiger partial charge in [0, 0.05) is 11.2 Å². The third-order valence-electron chi connectivity index (χ3n) is 3.91. The number of likely N-dealkylation sites (N-methyl/N-ethyl adjacent to an activating group) is 1. The first kappa shape index (κ1) is 15.7. The van der Waals surface area contributed by atoms with E-state index in [1.165, 1.54) is 16.9 Å². The molecule has 1 unspecified atom stereocenters. The van der Waals surface area contributed by atoms with Crippen molar-refractivity contribution >= 4 is 27.3 Å². The molecular formula is C19H20N2OS. The van der Waals surface area contributed by atoms with Crippen molar-refractivity contribution in [3.05, 3.63) is 71.1 Å². The smallest absolute Gasteiger partial charge is 0.261 e. The minimum atomic E-state index is -0.00557. The molecule has 1 aromatic heterocycles. The molecule has 0 radical (unpaired) electrons. The summed E-state index contributed by atoms with van der Waals surface area (Å²) >= 11 is 1.54. The van der Waals surface area contributed by atoms with E-state index in [0.717, 1.165) is 15.0 Å². The van der Waals surface area contributed by atoms with Gasteiger partial charge in [0.1, 0.15) is 0 Å². The number of benzene rings is 2. The van der Waals surface area contributed by atoms with Crippen LogP contribution < -0.4 is 5.32 Å². The van der Waals surface area contributed by atoms with E-state index in [9.17, 15) is 4.79 Å². The van der Waals surface area contributed by atoms with Crippen molar-refractivity contribution < 1.29 is 4.79 Å². The van der Waals surface area contributed by atoms with Gasteiger partial charge in [-0.15, -0.1) is 11.3 Å². The molecule has 118 valence electrons. The van der Waals surface area contributed by atoms with Gasteiger partial charge in [-0.2, -0.15) is 0 Å². The molecule has 0 aliphatic carbocycles. The zero-order valence-electron chi connectivity index (χ0n) is 13.3. The summed E-state index contributed by atoms with van der Waals surface area (Å²) in [5, 5.41) is 4.19. The monoisotopic (exact) mass is 324 g/mol. The molecular weight excluding hydrogens is 304 g/mol. The van der Waals surface area contributed by atoms with Crippen molar-refractivity contribution in [3.63, 3.8) is 0 Å². The Balaban J connectivity index is 1.71. The van der Waals surface area contributed by atoms with Crippen LogP contribution in [0.1, 0.15) is 21.3 Å². The first-order valence-corrected chi connectivity index (χ1v) is 8.45. The molecule has 23 heavy (non-hydrogen) atoms. The van der Waals surface area contributed by atoms with E-state index in [2.05, 4.69) is 22.3 Å². The Morgan fingerprint density at radius 1 is 1.09 bits per heavy atom. The Morgan fingerprint density at radius 3 is 2.48 bits per heavy atom. The molecule has 1 N–H and O–H groups in total. The van der Waals surface area contributed by atoms with Crippen LogP contribution in [0, 0.1) is 0 Å². The Hall–Kier alpha value is -2.17. The zero-order chi connectivity index (χ0) is 16.2. The normalized spacial score (nSPS) is 12.5. The maximum absolute atomic E-state index is 12.5. The highest BCUT2D eigenvalue weighted by atomic mass is 32.1. The lowest BCUT2D eigenvalue weighted by molar-refractivity contribution is 0.0946. The fraction of sp³-hybridized carbons (Fsp3) is 0.211. The van der Waals surface area contributed by atoms with Crippen LogP contribution in [0.3, 0.4) is 0 Å². The van der Waals surface area contributed by atoms with E-state index >= 15 is 0 Å². The van der Waals surface area contributed by atoms with Gasteiger partial charge in [0.15, 0.2) is 0 Å². The highest BCUT2D eigenvalue weighted by Gasteiger charge is 2.16. The number of carbonyl (C=O) groups excluding carboxylic acids is 1.